The maximum absolute atomic E-state index is 10.4. The molecule has 1 aromatic carbocycles. The van der Waals surface area contributed by atoms with Gasteiger partial charge in [0.05, 0.1) is 12.7 Å². The molecule has 0 unspecified atom stereocenters. The smallest absolute Gasteiger partial charge is 0.163 e. The van der Waals surface area contributed by atoms with Crippen molar-refractivity contribution in [2.45, 2.75) is 12.2 Å². The van der Waals surface area contributed by atoms with Crippen LogP contribution in [0, 0.1) is 0 Å². The SMILES string of the molecule is Cn1cnnc1[C@H]1CN(C[C@@H](O)c2ccccc2Cl)CCO1. The van der Waals surface area contributed by atoms with Gasteiger partial charge >= 0.3 is 0 Å². The lowest BCUT2D eigenvalue weighted by Crippen LogP contribution is -2.41. The van der Waals surface area contributed by atoms with Crippen LogP contribution in [0.1, 0.15) is 23.6 Å². The van der Waals surface area contributed by atoms with Crippen molar-refractivity contribution in [2.75, 3.05) is 26.2 Å². The zero-order valence-corrected chi connectivity index (χ0v) is 13.1. The Morgan fingerprint density at radius 3 is 3.00 bits per heavy atom. The third-order valence-corrected chi connectivity index (χ3v) is 4.22. The summed E-state index contributed by atoms with van der Waals surface area (Å²) in [5.74, 6) is 0.803. The molecule has 3 rings (SSSR count). The summed E-state index contributed by atoms with van der Waals surface area (Å²) in [5, 5.41) is 19.0. The molecule has 2 aromatic rings. The van der Waals surface area contributed by atoms with Crippen LogP contribution in [0.4, 0.5) is 0 Å². The van der Waals surface area contributed by atoms with Crippen LogP contribution in [0.15, 0.2) is 30.6 Å². The summed E-state index contributed by atoms with van der Waals surface area (Å²) < 4.78 is 7.63. The first-order chi connectivity index (χ1) is 10.6. The van der Waals surface area contributed by atoms with Gasteiger partial charge < -0.3 is 14.4 Å². The molecule has 1 saturated heterocycles. The van der Waals surface area contributed by atoms with E-state index >= 15 is 0 Å². The normalized spacial score (nSPS) is 21.0. The van der Waals surface area contributed by atoms with Crippen LogP contribution in [0.5, 0.6) is 0 Å². The second kappa shape index (κ2) is 6.75. The maximum Gasteiger partial charge on any atom is 0.163 e. The molecule has 0 spiro atoms. The molecule has 1 aromatic heterocycles. The lowest BCUT2D eigenvalue weighted by molar-refractivity contribution is -0.0473. The minimum Gasteiger partial charge on any atom is -0.387 e. The van der Waals surface area contributed by atoms with Crippen LogP contribution in [-0.2, 0) is 11.8 Å². The molecule has 2 heterocycles. The molecular weight excluding hydrogens is 304 g/mol. The minimum atomic E-state index is -0.619. The van der Waals surface area contributed by atoms with Crippen molar-refractivity contribution in [3.63, 3.8) is 0 Å². The molecule has 0 aliphatic carbocycles. The third-order valence-electron chi connectivity index (χ3n) is 3.88. The van der Waals surface area contributed by atoms with Crippen LogP contribution in [0.25, 0.3) is 0 Å². The van der Waals surface area contributed by atoms with Gasteiger partial charge in [0.2, 0.25) is 0 Å². The number of benzene rings is 1. The van der Waals surface area contributed by atoms with Crippen molar-refractivity contribution in [1.29, 1.82) is 0 Å². The van der Waals surface area contributed by atoms with E-state index in [1.54, 1.807) is 12.4 Å². The Hall–Kier alpha value is -1.47. The molecule has 0 bridgehead atoms. The number of β-amino-alcohol motifs (C(OH)–C–C–N with tert-alkyl or cyclic N) is 1. The summed E-state index contributed by atoms with van der Waals surface area (Å²) in [6, 6.07) is 7.39. The molecule has 1 aliphatic rings. The predicted molar refractivity (Wildman–Crippen MR) is 82.5 cm³/mol. The van der Waals surface area contributed by atoms with E-state index in [0.29, 0.717) is 24.7 Å². The van der Waals surface area contributed by atoms with E-state index in [0.717, 1.165) is 17.9 Å². The molecule has 0 amide bonds. The Labute approximate surface area is 134 Å². The number of halogens is 1. The number of ether oxygens (including phenoxy) is 1. The number of hydrogen-bond donors (Lipinski definition) is 1. The number of nitrogens with zero attached hydrogens (tertiary/aromatic N) is 4. The molecule has 118 valence electrons. The average Bonchev–Trinajstić information content (AvgIpc) is 2.94. The van der Waals surface area contributed by atoms with E-state index in [1.165, 1.54) is 0 Å². The molecule has 0 radical (unpaired) electrons. The summed E-state index contributed by atoms with van der Waals surface area (Å²) in [7, 11) is 1.90. The number of aliphatic hydroxyl groups is 1. The van der Waals surface area contributed by atoms with Gasteiger partial charge in [-0.1, -0.05) is 29.8 Å². The highest BCUT2D eigenvalue weighted by atomic mass is 35.5. The first kappa shape index (κ1) is 15.4. The molecule has 2 atom stereocenters. The number of aromatic nitrogens is 3. The standard InChI is InChI=1S/C15H19ClN4O2/c1-19-10-17-18-15(19)14-9-20(6-7-22-14)8-13(21)11-4-2-3-5-12(11)16/h2-5,10,13-14,21H,6-9H2,1H3/t13-,14-/m1/s1. The van der Waals surface area contributed by atoms with Crippen molar-refractivity contribution < 1.29 is 9.84 Å². The van der Waals surface area contributed by atoms with Crippen molar-refractivity contribution in [3.8, 4) is 0 Å². The van der Waals surface area contributed by atoms with Gasteiger partial charge in [-0.15, -0.1) is 10.2 Å². The van der Waals surface area contributed by atoms with E-state index in [-0.39, 0.29) is 6.10 Å². The molecule has 7 heteroatoms. The van der Waals surface area contributed by atoms with Crippen LogP contribution < -0.4 is 0 Å². The summed E-state index contributed by atoms with van der Waals surface area (Å²) in [6.45, 7) is 2.57. The molecule has 6 nitrogen and oxygen atoms in total. The zero-order valence-electron chi connectivity index (χ0n) is 12.4. The first-order valence-corrected chi connectivity index (χ1v) is 7.63. The van der Waals surface area contributed by atoms with Gasteiger partial charge in [0.1, 0.15) is 12.4 Å². The molecule has 1 aliphatic heterocycles. The molecule has 0 saturated carbocycles. The van der Waals surface area contributed by atoms with Gasteiger partial charge in [-0.25, -0.2) is 0 Å². The second-order valence-electron chi connectivity index (χ2n) is 5.46. The summed E-state index contributed by atoms with van der Waals surface area (Å²) in [6.07, 6.45) is 0.919. The third kappa shape index (κ3) is 3.30. The highest BCUT2D eigenvalue weighted by Gasteiger charge is 2.27. The van der Waals surface area contributed by atoms with Gasteiger partial charge in [-0.2, -0.15) is 0 Å². The van der Waals surface area contributed by atoms with Crippen LogP contribution in [-0.4, -0.2) is 51.0 Å². The molecule has 1 N–H and O–H groups in total. The number of morpholine rings is 1. The van der Waals surface area contributed by atoms with Gasteiger partial charge in [-0.05, 0) is 6.07 Å². The fourth-order valence-electron chi connectivity index (χ4n) is 2.70. The Bertz CT molecular complexity index is 634. The minimum absolute atomic E-state index is 0.125. The van der Waals surface area contributed by atoms with E-state index in [4.69, 9.17) is 16.3 Å². The van der Waals surface area contributed by atoms with E-state index in [1.807, 2.05) is 29.8 Å². The monoisotopic (exact) mass is 322 g/mol. The van der Waals surface area contributed by atoms with Crippen molar-refractivity contribution in [1.82, 2.24) is 19.7 Å². The van der Waals surface area contributed by atoms with Crippen LogP contribution in [0.2, 0.25) is 5.02 Å². The van der Waals surface area contributed by atoms with Gasteiger partial charge in [-0.3, -0.25) is 4.90 Å². The Morgan fingerprint density at radius 1 is 1.45 bits per heavy atom. The van der Waals surface area contributed by atoms with E-state index in [9.17, 15) is 5.11 Å². The summed E-state index contributed by atoms with van der Waals surface area (Å²) in [5.41, 5.74) is 0.755. The highest BCUT2D eigenvalue weighted by Crippen LogP contribution is 2.25. The maximum atomic E-state index is 10.4. The molecule has 1 fully saturated rings. The van der Waals surface area contributed by atoms with E-state index < -0.39 is 6.10 Å². The van der Waals surface area contributed by atoms with Gasteiger partial charge in [0.15, 0.2) is 5.82 Å². The lowest BCUT2D eigenvalue weighted by Gasteiger charge is -2.33. The number of aliphatic hydroxyl groups excluding tert-OH is 1. The van der Waals surface area contributed by atoms with Gasteiger partial charge in [0.25, 0.3) is 0 Å². The average molecular weight is 323 g/mol. The molecule has 22 heavy (non-hydrogen) atoms. The quantitative estimate of drug-likeness (QED) is 0.926. The number of rotatable bonds is 4. The van der Waals surface area contributed by atoms with E-state index in [2.05, 4.69) is 15.1 Å². The van der Waals surface area contributed by atoms with Crippen LogP contribution in [0.3, 0.4) is 0 Å². The first-order valence-electron chi connectivity index (χ1n) is 7.25. The van der Waals surface area contributed by atoms with Crippen molar-refractivity contribution in [3.05, 3.63) is 47.0 Å². The fraction of sp³-hybridized carbons (Fsp3) is 0.467. The number of hydrogen-bond acceptors (Lipinski definition) is 5. The highest BCUT2D eigenvalue weighted by molar-refractivity contribution is 6.31. The Balaban J connectivity index is 1.66. The van der Waals surface area contributed by atoms with Crippen LogP contribution >= 0.6 is 11.6 Å². The van der Waals surface area contributed by atoms with Crippen molar-refractivity contribution >= 4 is 11.6 Å². The van der Waals surface area contributed by atoms with Gasteiger partial charge in [0, 0.05) is 37.3 Å². The largest absolute Gasteiger partial charge is 0.387 e. The topological polar surface area (TPSA) is 63.4 Å². The van der Waals surface area contributed by atoms with Crippen molar-refractivity contribution in [2.24, 2.45) is 7.05 Å². The zero-order chi connectivity index (χ0) is 15.5. The predicted octanol–water partition coefficient (Wildman–Crippen LogP) is 1.58. The lowest BCUT2D eigenvalue weighted by atomic mass is 10.1. The summed E-state index contributed by atoms with van der Waals surface area (Å²) in [4.78, 5) is 2.16. The second-order valence-corrected chi connectivity index (χ2v) is 5.86. The Morgan fingerprint density at radius 2 is 2.27 bits per heavy atom. The Kier molecular flexibility index (Phi) is 4.73. The number of aryl methyl sites for hydroxylation is 1. The fourth-order valence-corrected chi connectivity index (χ4v) is 2.96. The summed E-state index contributed by atoms with van der Waals surface area (Å²) >= 11 is 6.14. The molecular formula is C15H19ClN4O2.